The van der Waals surface area contributed by atoms with Crippen LogP contribution >= 0.6 is 27.5 Å². The van der Waals surface area contributed by atoms with Gasteiger partial charge >= 0.3 is 0 Å². The molecule has 0 saturated carbocycles. The minimum Gasteiger partial charge on any atom is -0.494 e. The molecule has 3 heteroatoms. The van der Waals surface area contributed by atoms with Gasteiger partial charge in [0.25, 0.3) is 0 Å². The van der Waals surface area contributed by atoms with Crippen LogP contribution < -0.4 is 4.74 Å². The highest BCUT2D eigenvalue weighted by molar-refractivity contribution is 9.10. The van der Waals surface area contributed by atoms with Crippen LogP contribution in [0.25, 0.3) is 0 Å². The van der Waals surface area contributed by atoms with E-state index in [9.17, 15) is 0 Å². The SMILES string of the molecule is CCOc1ccc(C)cc1C(Cl)c1ccc(C)cc1Br. The van der Waals surface area contributed by atoms with Gasteiger partial charge in [0, 0.05) is 10.0 Å². The molecule has 1 unspecified atom stereocenters. The third-order valence-electron chi connectivity index (χ3n) is 3.17. The molecular weight excluding hydrogens is 336 g/mol. The van der Waals surface area contributed by atoms with Gasteiger partial charge in [0.05, 0.1) is 12.0 Å². The lowest BCUT2D eigenvalue weighted by Gasteiger charge is -2.17. The van der Waals surface area contributed by atoms with Crippen LogP contribution in [-0.2, 0) is 0 Å². The minimum absolute atomic E-state index is 0.230. The largest absolute Gasteiger partial charge is 0.494 e. The Morgan fingerprint density at radius 2 is 1.70 bits per heavy atom. The first kappa shape index (κ1) is 15.4. The topological polar surface area (TPSA) is 9.23 Å². The van der Waals surface area contributed by atoms with Gasteiger partial charge in [-0.15, -0.1) is 11.6 Å². The monoisotopic (exact) mass is 352 g/mol. The van der Waals surface area contributed by atoms with Crippen molar-refractivity contribution in [3.63, 3.8) is 0 Å². The van der Waals surface area contributed by atoms with E-state index < -0.39 is 0 Å². The van der Waals surface area contributed by atoms with E-state index in [-0.39, 0.29) is 5.38 Å². The zero-order chi connectivity index (χ0) is 14.7. The van der Waals surface area contributed by atoms with Crippen molar-refractivity contribution in [1.82, 2.24) is 0 Å². The molecule has 106 valence electrons. The van der Waals surface area contributed by atoms with Crippen molar-refractivity contribution in [1.29, 1.82) is 0 Å². The molecule has 2 rings (SSSR count). The Balaban J connectivity index is 2.46. The number of rotatable bonds is 4. The molecule has 0 fully saturated rings. The van der Waals surface area contributed by atoms with Gasteiger partial charge in [-0.3, -0.25) is 0 Å². The standard InChI is InChI=1S/C17H18BrClO/c1-4-20-16-8-6-11(2)9-14(16)17(19)13-7-5-12(3)10-15(13)18/h5-10,17H,4H2,1-3H3. The van der Waals surface area contributed by atoms with Gasteiger partial charge in [-0.1, -0.05) is 45.8 Å². The summed E-state index contributed by atoms with van der Waals surface area (Å²) in [5.41, 5.74) is 4.46. The maximum absolute atomic E-state index is 6.69. The van der Waals surface area contributed by atoms with Crippen molar-refractivity contribution in [2.24, 2.45) is 0 Å². The second-order valence-electron chi connectivity index (χ2n) is 4.86. The molecule has 0 aromatic heterocycles. The predicted octanol–water partition coefficient (Wildman–Crippen LogP) is 5.79. The first-order chi connectivity index (χ1) is 9.52. The summed E-state index contributed by atoms with van der Waals surface area (Å²) in [7, 11) is 0. The van der Waals surface area contributed by atoms with Gasteiger partial charge < -0.3 is 4.74 Å². The lowest BCUT2D eigenvalue weighted by atomic mass is 10.0. The zero-order valence-electron chi connectivity index (χ0n) is 11.9. The van der Waals surface area contributed by atoms with Gasteiger partial charge in [0.1, 0.15) is 5.75 Å². The maximum Gasteiger partial charge on any atom is 0.124 e. The van der Waals surface area contributed by atoms with E-state index in [4.69, 9.17) is 16.3 Å². The Kier molecular flexibility index (Phi) is 5.11. The molecule has 0 aliphatic rings. The van der Waals surface area contributed by atoms with Crippen LogP contribution in [0.4, 0.5) is 0 Å². The number of alkyl halides is 1. The van der Waals surface area contributed by atoms with Crippen LogP contribution in [0.5, 0.6) is 5.75 Å². The van der Waals surface area contributed by atoms with Crippen LogP contribution in [-0.4, -0.2) is 6.61 Å². The molecule has 0 saturated heterocycles. The number of halogens is 2. The number of benzene rings is 2. The highest BCUT2D eigenvalue weighted by atomic mass is 79.9. The molecule has 20 heavy (non-hydrogen) atoms. The molecule has 0 aliphatic carbocycles. The fourth-order valence-corrected chi connectivity index (χ4v) is 3.37. The van der Waals surface area contributed by atoms with E-state index in [2.05, 4.69) is 54.0 Å². The summed E-state index contributed by atoms with van der Waals surface area (Å²) in [6.45, 7) is 6.74. The number of aryl methyl sites for hydroxylation is 2. The van der Waals surface area contributed by atoms with Crippen LogP contribution in [0, 0.1) is 13.8 Å². The van der Waals surface area contributed by atoms with Gasteiger partial charge in [0.2, 0.25) is 0 Å². The van der Waals surface area contributed by atoms with Crippen LogP contribution in [0.15, 0.2) is 40.9 Å². The average Bonchev–Trinajstić information content (AvgIpc) is 2.40. The van der Waals surface area contributed by atoms with Crippen molar-refractivity contribution < 1.29 is 4.74 Å². The Labute approximate surface area is 134 Å². The molecule has 1 nitrogen and oxygen atoms in total. The van der Waals surface area contributed by atoms with Crippen molar-refractivity contribution in [2.45, 2.75) is 26.1 Å². The van der Waals surface area contributed by atoms with Gasteiger partial charge in [-0.2, -0.15) is 0 Å². The molecule has 2 aromatic carbocycles. The quantitative estimate of drug-likeness (QED) is 0.632. The summed E-state index contributed by atoms with van der Waals surface area (Å²) in [5.74, 6) is 0.852. The summed E-state index contributed by atoms with van der Waals surface area (Å²) >= 11 is 10.3. The van der Waals surface area contributed by atoms with Crippen molar-refractivity contribution >= 4 is 27.5 Å². The van der Waals surface area contributed by atoms with E-state index in [1.807, 2.05) is 19.1 Å². The van der Waals surface area contributed by atoms with E-state index in [0.29, 0.717) is 6.61 Å². The van der Waals surface area contributed by atoms with E-state index >= 15 is 0 Å². The molecule has 1 atom stereocenters. The molecule has 0 N–H and O–H groups in total. The van der Waals surface area contributed by atoms with Gasteiger partial charge in [-0.05, 0) is 44.0 Å². The van der Waals surface area contributed by atoms with Gasteiger partial charge in [0.15, 0.2) is 0 Å². The summed E-state index contributed by atoms with van der Waals surface area (Å²) in [5, 5.41) is -0.230. The lowest BCUT2D eigenvalue weighted by molar-refractivity contribution is 0.337. The zero-order valence-corrected chi connectivity index (χ0v) is 14.3. The highest BCUT2D eigenvalue weighted by Crippen LogP contribution is 2.39. The molecule has 2 aromatic rings. The molecule has 0 heterocycles. The van der Waals surface area contributed by atoms with E-state index in [1.54, 1.807) is 0 Å². The van der Waals surface area contributed by atoms with Crippen LogP contribution in [0.1, 0.15) is 34.6 Å². The Morgan fingerprint density at radius 1 is 1.05 bits per heavy atom. The molecule has 0 aliphatic heterocycles. The number of ether oxygens (including phenoxy) is 1. The molecule has 0 radical (unpaired) electrons. The van der Waals surface area contributed by atoms with Crippen molar-refractivity contribution in [2.75, 3.05) is 6.61 Å². The van der Waals surface area contributed by atoms with Crippen LogP contribution in [0.2, 0.25) is 0 Å². The summed E-state index contributed by atoms with van der Waals surface area (Å²) in [6.07, 6.45) is 0. The summed E-state index contributed by atoms with van der Waals surface area (Å²) in [4.78, 5) is 0. The molecular formula is C17H18BrClO. The van der Waals surface area contributed by atoms with Gasteiger partial charge in [-0.25, -0.2) is 0 Å². The Morgan fingerprint density at radius 3 is 2.35 bits per heavy atom. The first-order valence-electron chi connectivity index (χ1n) is 6.66. The van der Waals surface area contributed by atoms with Crippen LogP contribution in [0.3, 0.4) is 0 Å². The summed E-state index contributed by atoms with van der Waals surface area (Å²) in [6, 6.07) is 12.4. The summed E-state index contributed by atoms with van der Waals surface area (Å²) < 4.78 is 6.73. The highest BCUT2D eigenvalue weighted by Gasteiger charge is 2.18. The first-order valence-corrected chi connectivity index (χ1v) is 7.89. The normalized spacial score (nSPS) is 12.2. The fourth-order valence-electron chi connectivity index (χ4n) is 2.16. The second-order valence-corrected chi connectivity index (χ2v) is 6.15. The average molecular weight is 354 g/mol. The third kappa shape index (κ3) is 3.36. The Bertz CT molecular complexity index is 610. The second kappa shape index (κ2) is 6.64. The third-order valence-corrected chi connectivity index (χ3v) is 4.32. The predicted molar refractivity (Wildman–Crippen MR) is 88.9 cm³/mol. The van der Waals surface area contributed by atoms with Crippen molar-refractivity contribution in [3.05, 3.63) is 63.1 Å². The van der Waals surface area contributed by atoms with E-state index in [1.165, 1.54) is 11.1 Å². The van der Waals surface area contributed by atoms with Crippen molar-refractivity contribution in [3.8, 4) is 5.75 Å². The smallest absolute Gasteiger partial charge is 0.124 e. The fraction of sp³-hybridized carbons (Fsp3) is 0.294. The molecule has 0 amide bonds. The lowest BCUT2D eigenvalue weighted by Crippen LogP contribution is -2.01. The molecule has 0 bridgehead atoms. The number of hydrogen-bond donors (Lipinski definition) is 0. The maximum atomic E-state index is 6.69. The number of hydrogen-bond acceptors (Lipinski definition) is 1. The Hall–Kier alpha value is -0.990. The molecule has 0 spiro atoms. The van der Waals surface area contributed by atoms with E-state index in [0.717, 1.165) is 21.3 Å². The minimum atomic E-state index is -0.230.